The fraction of sp³-hybridized carbons (Fsp3) is 0.200. The van der Waals surface area contributed by atoms with Crippen LogP contribution in [0.25, 0.3) is 0 Å². The Hall–Kier alpha value is -2.28. The molecule has 0 saturated carbocycles. The summed E-state index contributed by atoms with van der Waals surface area (Å²) in [6.45, 7) is 0.748. The van der Waals surface area contributed by atoms with E-state index in [4.69, 9.17) is 9.15 Å². The van der Waals surface area contributed by atoms with Crippen LogP contribution in [0.3, 0.4) is 0 Å². The highest BCUT2D eigenvalue weighted by molar-refractivity contribution is 9.10. The predicted octanol–water partition coefficient (Wildman–Crippen LogP) is 2.70. The van der Waals surface area contributed by atoms with Crippen LogP contribution in [0.4, 0.5) is 4.79 Å². The first-order valence-corrected chi connectivity index (χ1v) is 7.42. The van der Waals surface area contributed by atoms with Crippen molar-refractivity contribution in [2.24, 2.45) is 0 Å². The van der Waals surface area contributed by atoms with Gasteiger partial charge in [-0.15, -0.1) is 0 Å². The Labute approximate surface area is 136 Å². The van der Waals surface area contributed by atoms with Gasteiger partial charge in [-0.2, -0.15) is 0 Å². The summed E-state index contributed by atoms with van der Waals surface area (Å²) in [7, 11) is 0. The molecule has 1 aromatic heterocycles. The van der Waals surface area contributed by atoms with Gasteiger partial charge < -0.3 is 19.8 Å². The van der Waals surface area contributed by atoms with Gasteiger partial charge in [-0.25, -0.2) is 4.79 Å². The number of ether oxygens (including phenoxy) is 1. The third-order valence-electron chi connectivity index (χ3n) is 2.69. The molecule has 1 aromatic carbocycles. The van der Waals surface area contributed by atoms with Crippen molar-refractivity contribution in [1.29, 1.82) is 0 Å². The summed E-state index contributed by atoms with van der Waals surface area (Å²) in [6.07, 6.45) is -0.529. The highest BCUT2D eigenvalue weighted by atomic mass is 79.9. The van der Waals surface area contributed by atoms with E-state index in [1.807, 2.05) is 30.3 Å². The number of carbonyl (C=O) groups is 2. The second kappa shape index (κ2) is 8.23. The highest BCUT2D eigenvalue weighted by Gasteiger charge is 2.09. The number of hydrogen-bond acceptors (Lipinski definition) is 4. The number of nitrogens with one attached hydrogen (secondary N) is 2. The van der Waals surface area contributed by atoms with E-state index in [1.54, 1.807) is 12.1 Å². The van der Waals surface area contributed by atoms with Crippen LogP contribution in [-0.4, -0.2) is 25.1 Å². The highest BCUT2D eigenvalue weighted by Crippen LogP contribution is 2.13. The van der Waals surface area contributed by atoms with Gasteiger partial charge in [-0.3, -0.25) is 4.79 Å². The van der Waals surface area contributed by atoms with E-state index in [-0.39, 0.29) is 31.4 Å². The number of amides is 2. The van der Waals surface area contributed by atoms with Gasteiger partial charge >= 0.3 is 6.09 Å². The molecule has 0 atom stereocenters. The average Bonchev–Trinajstić information content (AvgIpc) is 2.97. The van der Waals surface area contributed by atoms with Crippen LogP contribution >= 0.6 is 15.9 Å². The summed E-state index contributed by atoms with van der Waals surface area (Å²) >= 11 is 3.12. The molecule has 22 heavy (non-hydrogen) atoms. The first-order chi connectivity index (χ1) is 10.6. The van der Waals surface area contributed by atoms with Crippen molar-refractivity contribution >= 4 is 27.9 Å². The molecule has 0 saturated heterocycles. The third-order valence-corrected chi connectivity index (χ3v) is 3.12. The molecule has 0 aliphatic heterocycles. The Bertz CT molecular complexity index is 627. The van der Waals surface area contributed by atoms with Gasteiger partial charge in [0.05, 0.1) is 0 Å². The van der Waals surface area contributed by atoms with Crippen LogP contribution in [0.15, 0.2) is 51.6 Å². The molecular formula is C15H15BrN2O4. The maximum absolute atomic E-state index is 11.6. The molecule has 7 heteroatoms. The first-order valence-electron chi connectivity index (χ1n) is 6.63. The van der Waals surface area contributed by atoms with Crippen LogP contribution in [0, 0.1) is 0 Å². The minimum atomic E-state index is -0.529. The van der Waals surface area contributed by atoms with E-state index in [1.165, 1.54) is 0 Å². The predicted molar refractivity (Wildman–Crippen MR) is 83.4 cm³/mol. The largest absolute Gasteiger partial charge is 0.445 e. The number of hydrogen-bond donors (Lipinski definition) is 2. The van der Waals surface area contributed by atoms with Gasteiger partial charge in [-0.05, 0) is 33.6 Å². The number of halogens is 1. The Balaban J connectivity index is 1.60. The first kappa shape index (κ1) is 16.1. The second-order valence-electron chi connectivity index (χ2n) is 4.35. The Morgan fingerprint density at radius 1 is 1.05 bits per heavy atom. The molecule has 2 N–H and O–H groups in total. The lowest BCUT2D eigenvalue weighted by Crippen LogP contribution is -2.34. The van der Waals surface area contributed by atoms with Crippen LogP contribution in [-0.2, 0) is 11.3 Å². The molecule has 0 unspecified atom stereocenters. The topological polar surface area (TPSA) is 80.6 Å². The summed E-state index contributed by atoms with van der Waals surface area (Å²) < 4.78 is 10.6. The molecule has 0 bridgehead atoms. The van der Waals surface area contributed by atoms with E-state index < -0.39 is 6.09 Å². The van der Waals surface area contributed by atoms with Crippen molar-refractivity contribution in [3.8, 4) is 0 Å². The van der Waals surface area contributed by atoms with Crippen molar-refractivity contribution in [1.82, 2.24) is 10.6 Å². The average molecular weight is 367 g/mol. The molecule has 0 fully saturated rings. The molecule has 6 nitrogen and oxygen atoms in total. The fourth-order valence-corrected chi connectivity index (χ4v) is 1.94. The number of furan rings is 1. The lowest BCUT2D eigenvalue weighted by Gasteiger charge is -2.07. The molecular weight excluding hydrogens is 352 g/mol. The van der Waals surface area contributed by atoms with Crippen LogP contribution in [0.5, 0.6) is 0 Å². The van der Waals surface area contributed by atoms with Crippen LogP contribution in [0.2, 0.25) is 0 Å². The van der Waals surface area contributed by atoms with Gasteiger partial charge in [-0.1, -0.05) is 30.3 Å². The molecule has 0 aliphatic rings. The maximum Gasteiger partial charge on any atom is 0.407 e. The van der Waals surface area contributed by atoms with E-state index in [9.17, 15) is 9.59 Å². The molecule has 0 radical (unpaired) electrons. The van der Waals surface area contributed by atoms with E-state index >= 15 is 0 Å². The summed E-state index contributed by atoms with van der Waals surface area (Å²) in [5, 5.41) is 5.17. The van der Waals surface area contributed by atoms with Crippen molar-refractivity contribution in [3.05, 3.63) is 58.5 Å². The molecule has 2 aromatic rings. The molecule has 116 valence electrons. The standard InChI is InChI=1S/C15H15BrN2O4/c16-13-7-6-12(22-13)14(19)17-8-9-18-15(20)21-10-11-4-2-1-3-5-11/h1-7H,8-10H2,(H,17,19)(H,18,20). The molecule has 2 rings (SSSR count). The smallest absolute Gasteiger partial charge is 0.407 e. The number of rotatable bonds is 6. The lowest BCUT2D eigenvalue weighted by atomic mass is 10.2. The Kier molecular flexibility index (Phi) is 6.02. The van der Waals surface area contributed by atoms with E-state index in [2.05, 4.69) is 26.6 Å². The van der Waals surface area contributed by atoms with Crippen LogP contribution in [0.1, 0.15) is 16.1 Å². The van der Waals surface area contributed by atoms with Gasteiger partial charge in [0.25, 0.3) is 5.91 Å². The molecule has 0 spiro atoms. The van der Waals surface area contributed by atoms with Crippen molar-refractivity contribution < 1.29 is 18.7 Å². The number of alkyl carbamates (subject to hydrolysis) is 1. The number of benzene rings is 1. The van der Waals surface area contributed by atoms with Crippen molar-refractivity contribution in [2.45, 2.75) is 6.61 Å². The quantitative estimate of drug-likeness (QED) is 0.770. The molecule has 1 heterocycles. The van der Waals surface area contributed by atoms with Gasteiger partial charge in [0.1, 0.15) is 6.61 Å². The summed E-state index contributed by atoms with van der Waals surface area (Å²) in [6, 6.07) is 12.6. The van der Waals surface area contributed by atoms with Gasteiger partial charge in [0.15, 0.2) is 10.4 Å². The van der Waals surface area contributed by atoms with Crippen molar-refractivity contribution in [3.63, 3.8) is 0 Å². The second-order valence-corrected chi connectivity index (χ2v) is 5.13. The normalized spacial score (nSPS) is 10.0. The lowest BCUT2D eigenvalue weighted by molar-refractivity contribution is 0.0923. The summed E-state index contributed by atoms with van der Waals surface area (Å²) in [5.74, 6) is -0.135. The van der Waals surface area contributed by atoms with Gasteiger partial charge in [0, 0.05) is 13.1 Å². The Morgan fingerprint density at radius 3 is 2.45 bits per heavy atom. The Morgan fingerprint density at radius 2 is 1.77 bits per heavy atom. The van der Waals surface area contributed by atoms with E-state index in [0.29, 0.717) is 4.67 Å². The SMILES string of the molecule is O=C(NCCNC(=O)c1ccc(Br)o1)OCc1ccccc1. The molecule has 2 amide bonds. The van der Waals surface area contributed by atoms with Crippen molar-refractivity contribution in [2.75, 3.05) is 13.1 Å². The zero-order valence-electron chi connectivity index (χ0n) is 11.7. The summed E-state index contributed by atoms with van der Waals surface area (Å²) in [4.78, 5) is 23.1. The third kappa shape index (κ3) is 5.25. The van der Waals surface area contributed by atoms with E-state index in [0.717, 1.165) is 5.56 Å². The van der Waals surface area contributed by atoms with Gasteiger partial charge in [0.2, 0.25) is 0 Å². The monoisotopic (exact) mass is 366 g/mol. The van der Waals surface area contributed by atoms with Crippen LogP contribution < -0.4 is 10.6 Å². The zero-order chi connectivity index (χ0) is 15.8. The maximum atomic E-state index is 11.6. The summed E-state index contributed by atoms with van der Waals surface area (Å²) in [5.41, 5.74) is 0.911. The minimum Gasteiger partial charge on any atom is -0.445 e. The zero-order valence-corrected chi connectivity index (χ0v) is 13.3. The minimum absolute atomic E-state index is 0.207. The molecule has 0 aliphatic carbocycles. The fourth-order valence-electron chi connectivity index (χ4n) is 1.64. The number of carbonyl (C=O) groups excluding carboxylic acids is 2.